The van der Waals surface area contributed by atoms with Gasteiger partial charge in [0, 0.05) is 11.8 Å². The number of pyridine rings is 1. The van der Waals surface area contributed by atoms with Crippen molar-refractivity contribution in [2.45, 2.75) is 6.54 Å². The predicted molar refractivity (Wildman–Crippen MR) is 106 cm³/mol. The van der Waals surface area contributed by atoms with Crippen LogP contribution < -0.4 is 4.90 Å². The summed E-state index contributed by atoms with van der Waals surface area (Å²) in [6.45, 7) is 0.245. The van der Waals surface area contributed by atoms with E-state index in [-0.39, 0.29) is 12.5 Å². The van der Waals surface area contributed by atoms with Gasteiger partial charge in [0.1, 0.15) is 11.3 Å². The van der Waals surface area contributed by atoms with E-state index in [0.29, 0.717) is 21.2 Å². The summed E-state index contributed by atoms with van der Waals surface area (Å²) in [6, 6.07) is 16.5. The Morgan fingerprint density at radius 2 is 1.89 bits per heavy atom. The first-order valence-electron chi connectivity index (χ1n) is 8.14. The molecule has 0 radical (unpaired) electrons. The van der Waals surface area contributed by atoms with Gasteiger partial charge in [-0.2, -0.15) is 0 Å². The maximum atomic E-state index is 13.2. The summed E-state index contributed by atoms with van der Waals surface area (Å²) in [6.07, 6.45) is 1.67. The van der Waals surface area contributed by atoms with Gasteiger partial charge >= 0.3 is 0 Å². The summed E-state index contributed by atoms with van der Waals surface area (Å²) in [5.74, 6) is -0.676. The summed E-state index contributed by atoms with van der Waals surface area (Å²) >= 11 is 7.61. The van der Waals surface area contributed by atoms with Crippen LogP contribution in [0, 0.1) is 5.82 Å². The van der Waals surface area contributed by atoms with Crippen molar-refractivity contribution in [2.75, 3.05) is 4.90 Å². The van der Waals surface area contributed by atoms with E-state index in [9.17, 15) is 9.18 Å². The second-order valence-corrected chi connectivity index (χ2v) is 7.22. The minimum absolute atomic E-state index is 0.245. The van der Waals surface area contributed by atoms with E-state index >= 15 is 0 Å². The molecule has 134 valence electrons. The van der Waals surface area contributed by atoms with Crippen LogP contribution in [0.1, 0.15) is 16.1 Å². The van der Waals surface area contributed by atoms with Crippen LogP contribution in [0.25, 0.3) is 10.2 Å². The molecule has 7 heteroatoms. The summed E-state index contributed by atoms with van der Waals surface area (Å²) in [5, 5.41) is 1.04. The average Bonchev–Trinajstić information content (AvgIpc) is 3.12. The highest BCUT2D eigenvalue weighted by Crippen LogP contribution is 2.34. The summed E-state index contributed by atoms with van der Waals surface area (Å²) in [4.78, 5) is 23.5. The first kappa shape index (κ1) is 17.6. The van der Waals surface area contributed by atoms with Crippen molar-refractivity contribution in [3.8, 4) is 0 Å². The molecular formula is C20H13ClFN3OS. The van der Waals surface area contributed by atoms with Gasteiger partial charge in [-0.3, -0.25) is 14.7 Å². The van der Waals surface area contributed by atoms with Gasteiger partial charge in [-0.05, 0) is 48.5 Å². The van der Waals surface area contributed by atoms with Gasteiger partial charge in [0.25, 0.3) is 5.91 Å². The number of carbonyl (C=O) groups excluding carboxylic acids is 1. The largest absolute Gasteiger partial charge is 0.278 e. The number of hydrogen-bond acceptors (Lipinski definition) is 4. The van der Waals surface area contributed by atoms with Gasteiger partial charge in [-0.25, -0.2) is 9.37 Å². The highest BCUT2D eigenvalue weighted by Gasteiger charge is 2.22. The van der Waals surface area contributed by atoms with Crippen LogP contribution in [0.4, 0.5) is 9.52 Å². The maximum absolute atomic E-state index is 13.2. The van der Waals surface area contributed by atoms with Crippen molar-refractivity contribution in [1.82, 2.24) is 9.97 Å². The number of aromatic nitrogens is 2. The van der Waals surface area contributed by atoms with Crippen LogP contribution in [0.15, 0.2) is 66.9 Å². The van der Waals surface area contributed by atoms with Gasteiger partial charge in [-0.15, -0.1) is 0 Å². The molecule has 0 fully saturated rings. The fraction of sp³-hybridized carbons (Fsp3) is 0.0500. The van der Waals surface area contributed by atoms with Crippen molar-refractivity contribution < 1.29 is 9.18 Å². The third-order valence-electron chi connectivity index (χ3n) is 3.97. The van der Waals surface area contributed by atoms with Crippen molar-refractivity contribution >= 4 is 44.2 Å². The standard InChI is InChI=1S/C20H13ClFN3OS/c21-16-5-3-6-17-18(16)24-20(27-17)25(12-15-4-1-2-11-23-15)19(26)13-7-9-14(22)10-8-13/h1-11H,12H2. The van der Waals surface area contributed by atoms with Crippen LogP contribution in [0.5, 0.6) is 0 Å². The molecule has 4 aromatic rings. The Balaban J connectivity index is 1.78. The number of halogens is 2. The third-order valence-corrected chi connectivity index (χ3v) is 5.32. The van der Waals surface area contributed by atoms with E-state index in [1.165, 1.54) is 40.5 Å². The summed E-state index contributed by atoms with van der Waals surface area (Å²) in [5.41, 5.74) is 1.74. The Morgan fingerprint density at radius 3 is 2.59 bits per heavy atom. The number of hydrogen-bond donors (Lipinski definition) is 0. The van der Waals surface area contributed by atoms with Gasteiger partial charge in [0.05, 0.1) is 22.0 Å². The SMILES string of the molecule is O=C(c1ccc(F)cc1)N(Cc1ccccn1)c1nc2c(Cl)cccc2s1. The Hall–Kier alpha value is -2.83. The molecule has 0 bridgehead atoms. The monoisotopic (exact) mass is 397 g/mol. The fourth-order valence-corrected chi connectivity index (χ4v) is 3.91. The number of para-hydroxylation sites is 1. The topological polar surface area (TPSA) is 46.1 Å². The van der Waals surface area contributed by atoms with Crippen molar-refractivity contribution in [3.05, 3.63) is 89.0 Å². The Morgan fingerprint density at radius 1 is 1.07 bits per heavy atom. The first-order valence-corrected chi connectivity index (χ1v) is 9.33. The molecule has 0 spiro atoms. The van der Waals surface area contributed by atoms with Crippen LogP contribution in [-0.4, -0.2) is 15.9 Å². The quantitative estimate of drug-likeness (QED) is 0.467. The lowest BCUT2D eigenvalue weighted by Crippen LogP contribution is -2.30. The molecule has 0 saturated heterocycles. The Labute approximate surface area is 163 Å². The summed E-state index contributed by atoms with van der Waals surface area (Å²) < 4.78 is 14.1. The third kappa shape index (κ3) is 3.67. The molecule has 0 aliphatic carbocycles. The minimum Gasteiger partial charge on any atom is -0.278 e. The molecule has 2 aromatic carbocycles. The molecule has 0 aliphatic rings. The number of rotatable bonds is 4. The second kappa shape index (κ2) is 7.42. The van der Waals surface area contributed by atoms with Gasteiger partial charge in [-0.1, -0.05) is 35.1 Å². The van der Waals surface area contributed by atoms with E-state index < -0.39 is 5.82 Å². The highest BCUT2D eigenvalue weighted by atomic mass is 35.5. The number of amides is 1. The predicted octanol–water partition coefficient (Wildman–Crippen LogP) is 5.33. The number of fused-ring (bicyclic) bond motifs is 1. The molecule has 2 aromatic heterocycles. The number of benzene rings is 2. The van der Waals surface area contributed by atoms with Gasteiger partial charge in [0.2, 0.25) is 0 Å². The molecule has 4 nitrogen and oxygen atoms in total. The molecule has 4 rings (SSSR count). The van der Waals surface area contributed by atoms with Crippen LogP contribution >= 0.6 is 22.9 Å². The second-order valence-electron chi connectivity index (χ2n) is 5.80. The first-order chi connectivity index (χ1) is 13.1. The molecular weight excluding hydrogens is 385 g/mol. The highest BCUT2D eigenvalue weighted by molar-refractivity contribution is 7.22. The minimum atomic E-state index is -0.394. The molecule has 1 amide bonds. The lowest BCUT2D eigenvalue weighted by Gasteiger charge is -2.19. The molecule has 0 atom stereocenters. The Kier molecular flexibility index (Phi) is 4.83. The zero-order valence-corrected chi connectivity index (χ0v) is 15.5. The number of thiazole rings is 1. The lowest BCUT2D eigenvalue weighted by molar-refractivity contribution is 0.0985. The zero-order valence-electron chi connectivity index (χ0n) is 14.0. The molecule has 27 heavy (non-hydrogen) atoms. The molecule has 0 unspecified atom stereocenters. The van der Waals surface area contributed by atoms with Crippen LogP contribution in [0.3, 0.4) is 0 Å². The normalized spacial score (nSPS) is 10.9. The summed E-state index contributed by atoms with van der Waals surface area (Å²) in [7, 11) is 0. The van der Waals surface area contributed by atoms with E-state index in [4.69, 9.17) is 11.6 Å². The fourth-order valence-electron chi connectivity index (χ4n) is 2.65. The molecule has 0 N–H and O–H groups in total. The van der Waals surface area contributed by atoms with E-state index in [2.05, 4.69) is 9.97 Å². The van der Waals surface area contributed by atoms with E-state index in [1.54, 1.807) is 12.3 Å². The van der Waals surface area contributed by atoms with Gasteiger partial charge < -0.3 is 0 Å². The molecule has 0 saturated carbocycles. The smallest absolute Gasteiger partial charge is 0.260 e. The lowest BCUT2D eigenvalue weighted by atomic mass is 10.2. The van der Waals surface area contributed by atoms with Gasteiger partial charge in [0.15, 0.2) is 5.13 Å². The Bertz CT molecular complexity index is 1100. The van der Waals surface area contributed by atoms with Crippen molar-refractivity contribution in [3.63, 3.8) is 0 Å². The van der Waals surface area contributed by atoms with Crippen molar-refractivity contribution in [1.29, 1.82) is 0 Å². The van der Waals surface area contributed by atoms with Crippen LogP contribution in [0.2, 0.25) is 5.02 Å². The van der Waals surface area contributed by atoms with Crippen LogP contribution in [-0.2, 0) is 6.54 Å². The number of carbonyl (C=O) groups is 1. The molecule has 2 heterocycles. The van der Waals surface area contributed by atoms with Crippen molar-refractivity contribution in [2.24, 2.45) is 0 Å². The number of nitrogens with zero attached hydrogens (tertiary/aromatic N) is 3. The molecule has 0 aliphatic heterocycles. The van der Waals surface area contributed by atoms with E-state index in [0.717, 1.165) is 10.4 Å². The zero-order chi connectivity index (χ0) is 18.8. The number of anilines is 1. The average molecular weight is 398 g/mol. The van der Waals surface area contributed by atoms with E-state index in [1.807, 2.05) is 30.3 Å². The maximum Gasteiger partial charge on any atom is 0.260 e.